The zero-order valence-electron chi connectivity index (χ0n) is 13.6. The molecule has 0 aliphatic carbocycles. The van der Waals surface area contributed by atoms with E-state index in [-0.39, 0.29) is 11.7 Å². The number of aromatic nitrogens is 3. The molecule has 1 amide bonds. The second-order valence-electron chi connectivity index (χ2n) is 5.40. The van der Waals surface area contributed by atoms with Crippen LogP contribution in [0.5, 0.6) is 0 Å². The Morgan fingerprint density at radius 2 is 1.73 bits per heavy atom. The fourth-order valence-electron chi connectivity index (χ4n) is 2.53. The Labute approximate surface area is 153 Å². The van der Waals surface area contributed by atoms with E-state index in [1.165, 1.54) is 11.8 Å². The number of nitrogens with one attached hydrogen (secondary N) is 1. The summed E-state index contributed by atoms with van der Waals surface area (Å²) in [5.41, 5.74) is 1.48. The van der Waals surface area contributed by atoms with Crippen LogP contribution >= 0.6 is 11.8 Å². The van der Waals surface area contributed by atoms with E-state index in [1.807, 2.05) is 30.3 Å². The first-order valence-corrected chi connectivity index (χ1v) is 8.92. The van der Waals surface area contributed by atoms with Crippen molar-refractivity contribution in [3.8, 4) is 0 Å². The largest absolute Gasteiger partial charge is 0.451 e. The predicted octanol–water partition coefficient (Wildman–Crippen LogP) is 4.16. The first kappa shape index (κ1) is 16.3. The Hall–Kier alpha value is -3.19. The van der Waals surface area contributed by atoms with Crippen molar-refractivity contribution in [2.75, 3.05) is 5.32 Å². The minimum atomic E-state index is -0.329. The fraction of sp³-hybridized carbons (Fsp3) is 0.0526. The number of thioether (sulfide) groups is 1. The number of para-hydroxylation sites is 1. The smallest absolute Gasteiger partial charge is 0.292 e. The van der Waals surface area contributed by atoms with Gasteiger partial charge < -0.3 is 9.73 Å². The van der Waals surface area contributed by atoms with Crippen LogP contribution in [-0.4, -0.2) is 20.9 Å². The number of furan rings is 1. The monoisotopic (exact) mass is 362 g/mol. The van der Waals surface area contributed by atoms with E-state index in [0.717, 1.165) is 10.9 Å². The summed E-state index contributed by atoms with van der Waals surface area (Å²) in [5.74, 6) is 0.944. The van der Waals surface area contributed by atoms with Crippen molar-refractivity contribution in [2.45, 2.75) is 10.9 Å². The van der Waals surface area contributed by atoms with Gasteiger partial charge in [-0.2, -0.15) is 0 Å². The van der Waals surface area contributed by atoms with Gasteiger partial charge in [0, 0.05) is 35.3 Å². The van der Waals surface area contributed by atoms with Crippen LogP contribution in [0.25, 0.3) is 11.0 Å². The summed E-state index contributed by atoms with van der Waals surface area (Å²) in [6.07, 6.45) is 5.01. The molecule has 0 fully saturated rings. The van der Waals surface area contributed by atoms with Gasteiger partial charge in [0.2, 0.25) is 0 Å². The van der Waals surface area contributed by atoms with Crippen molar-refractivity contribution < 1.29 is 9.21 Å². The molecule has 0 saturated carbocycles. The lowest BCUT2D eigenvalue weighted by Gasteiger charge is -2.04. The van der Waals surface area contributed by atoms with E-state index in [0.29, 0.717) is 22.3 Å². The summed E-state index contributed by atoms with van der Waals surface area (Å²) in [4.78, 5) is 25.3. The van der Waals surface area contributed by atoms with Gasteiger partial charge in [-0.15, -0.1) is 0 Å². The van der Waals surface area contributed by atoms with Crippen LogP contribution in [0, 0.1) is 0 Å². The van der Waals surface area contributed by atoms with Crippen molar-refractivity contribution in [1.29, 1.82) is 0 Å². The molecule has 1 aromatic carbocycles. The number of hydrogen-bond donors (Lipinski definition) is 1. The van der Waals surface area contributed by atoms with Crippen molar-refractivity contribution in [3.63, 3.8) is 0 Å². The number of anilines is 1. The van der Waals surface area contributed by atoms with E-state index in [4.69, 9.17) is 4.42 Å². The van der Waals surface area contributed by atoms with Crippen molar-refractivity contribution in [2.24, 2.45) is 0 Å². The topological polar surface area (TPSA) is 80.9 Å². The van der Waals surface area contributed by atoms with Gasteiger partial charge in [0.25, 0.3) is 5.91 Å². The van der Waals surface area contributed by atoms with E-state index in [1.54, 1.807) is 36.8 Å². The van der Waals surface area contributed by atoms with Gasteiger partial charge in [-0.05, 0) is 24.3 Å². The van der Waals surface area contributed by atoms with Crippen LogP contribution in [0.1, 0.15) is 16.1 Å². The highest BCUT2D eigenvalue weighted by Crippen LogP contribution is 2.31. The third-order valence-corrected chi connectivity index (χ3v) is 4.60. The van der Waals surface area contributed by atoms with Crippen LogP contribution in [0.2, 0.25) is 0 Å². The third-order valence-electron chi connectivity index (χ3n) is 3.70. The zero-order valence-corrected chi connectivity index (χ0v) is 14.4. The van der Waals surface area contributed by atoms with Gasteiger partial charge in [0.05, 0.1) is 0 Å². The molecular formula is C19H14N4O2S. The number of hydrogen-bond acceptors (Lipinski definition) is 6. The number of fused-ring (bicyclic) bond motifs is 1. The van der Waals surface area contributed by atoms with Gasteiger partial charge in [-0.1, -0.05) is 36.0 Å². The van der Waals surface area contributed by atoms with Gasteiger partial charge in [0.1, 0.15) is 11.4 Å². The minimum Gasteiger partial charge on any atom is -0.451 e. The molecule has 0 radical (unpaired) electrons. The van der Waals surface area contributed by atoms with Crippen molar-refractivity contribution in [1.82, 2.24) is 15.0 Å². The first-order chi connectivity index (χ1) is 12.8. The van der Waals surface area contributed by atoms with E-state index < -0.39 is 0 Å². The molecule has 0 aliphatic rings. The summed E-state index contributed by atoms with van der Waals surface area (Å²) in [7, 11) is 0. The number of rotatable bonds is 5. The summed E-state index contributed by atoms with van der Waals surface area (Å²) < 4.78 is 5.83. The number of carbonyl (C=O) groups excluding carboxylic acids is 1. The molecule has 1 N–H and O–H groups in total. The molecule has 0 saturated heterocycles. The maximum absolute atomic E-state index is 12.7. The Balaban J connectivity index is 1.66. The van der Waals surface area contributed by atoms with Gasteiger partial charge >= 0.3 is 0 Å². The highest BCUT2D eigenvalue weighted by molar-refractivity contribution is 7.98. The van der Waals surface area contributed by atoms with Crippen LogP contribution in [-0.2, 0) is 5.75 Å². The van der Waals surface area contributed by atoms with E-state index >= 15 is 0 Å². The van der Waals surface area contributed by atoms with Crippen LogP contribution in [0.15, 0.2) is 76.7 Å². The number of benzene rings is 1. The summed E-state index contributed by atoms with van der Waals surface area (Å²) in [5, 5.41) is 4.33. The Morgan fingerprint density at radius 1 is 0.962 bits per heavy atom. The molecule has 4 aromatic rings. The van der Waals surface area contributed by atoms with Crippen molar-refractivity contribution >= 4 is 34.5 Å². The molecule has 6 nitrogen and oxygen atoms in total. The molecule has 3 aromatic heterocycles. The standard InChI is InChI=1S/C19H14N4O2S/c24-18(23-16-8-3-4-9-20-16)17-14(12-26-19-21-10-5-11-22-19)13-6-1-2-7-15(13)25-17/h1-11H,12H2,(H,20,23,24). The molecule has 128 valence electrons. The molecule has 0 bridgehead atoms. The highest BCUT2D eigenvalue weighted by Gasteiger charge is 2.21. The molecule has 0 aliphatic heterocycles. The molecule has 3 heterocycles. The van der Waals surface area contributed by atoms with E-state index in [9.17, 15) is 4.79 Å². The molecule has 0 spiro atoms. The predicted molar refractivity (Wildman–Crippen MR) is 100.0 cm³/mol. The Kier molecular flexibility index (Phi) is 4.61. The average molecular weight is 362 g/mol. The maximum atomic E-state index is 12.7. The number of amides is 1. The second kappa shape index (κ2) is 7.37. The molecule has 26 heavy (non-hydrogen) atoms. The van der Waals surface area contributed by atoms with Crippen LogP contribution < -0.4 is 5.32 Å². The maximum Gasteiger partial charge on any atom is 0.292 e. The number of carbonyl (C=O) groups is 1. The normalized spacial score (nSPS) is 10.8. The van der Waals surface area contributed by atoms with E-state index in [2.05, 4.69) is 20.3 Å². The second-order valence-corrected chi connectivity index (χ2v) is 6.34. The molecular weight excluding hydrogens is 348 g/mol. The Bertz CT molecular complexity index is 1040. The van der Waals surface area contributed by atoms with Crippen LogP contribution in [0.4, 0.5) is 5.82 Å². The lowest BCUT2D eigenvalue weighted by atomic mass is 10.1. The molecule has 7 heteroatoms. The summed E-state index contributed by atoms with van der Waals surface area (Å²) in [6, 6.07) is 14.7. The fourth-order valence-corrected chi connectivity index (χ4v) is 3.36. The average Bonchev–Trinajstić information content (AvgIpc) is 3.07. The Morgan fingerprint density at radius 3 is 2.54 bits per heavy atom. The van der Waals surface area contributed by atoms with Crippen molar-refractivity contribution in [3.05, 3.63) is 78.4 Å². The third kappa shape index (κ3) is 3.43. The molecule has 0 atom stereocenters. The SMILES string of the molecule is O=C(Nc1ccccn1)c1oc2ccccc2c1CSc1ncccn1. The van der Waals surface area contributed by atoms with Gasteiger partial charge in [-0.25, -0.2) is 15.0 Å². The summed E-state index contributed by atoms with van der Waals surface area (Å²) in [6.45, 7) is 0. The lowest BCUT2D eigenvalue weighted by Crippen LogP contribution is -2.13. The number of nitrogens with zero attached hydrogens (tertiary/aromatic N) is 3. The van der Waals surface area contributed by atoms with Crippen LogP contribution in [0.3, 0.4) is 0 Å². The lowest BCUT2D eigenvalue weighted by molar-refractivity contribution is 0.0997. The quantitative estimate of drug-likeness (QED) is 0.424. The molecule has 0 unspecified atom stereocenters. The summed E-state index contributed by atoms with van der Waals surface area (Å²) >= 11 is 1.45. The van der Waals surface area contributed by atoms with Gasteiger partial charge in [0.15, 0.2) is 10.9 Å². The molecule has 4 rings (SSSR count). The number of pyridine rings is 1. The first-order valence-electron chi connectivity index (χ1n) is 7.94. The minimum absolute atomic E-state index is 0.278. The zero-order chi connectivity index (χ0) is 17.8. The van der Waals surface area contributed by atoms with Gasteiger partial charge in [-0.3, -0.25) is 4.79 Å². The highest BCUT2D eigenvalue weighted by atomic mass is 32.2.